The number of nitro benzene ring substituents is 1. The number of nitro groups is 1. The van der Waals surface area contributed by atoms with Crippen LogP contribution < -0.4 is 5.43 Å². The van der Waals surface area contributed by atoms with Crippen molar-refractivity contribution < 1.29 is 18.1 Å². The van der Waals surface area contributed by atoms with Gasteiger partial charge in [0.1, 0.15) is 5.69 Å². The van der Waals surface area contributed by atoms with Crippen LogP contribution in [0.25, 0.3) is 0 Å². The summed E-state index contributed by atoms with van der Waals surface area (Å²) in [6.45, 7) is 1.12. The molecular weight excluding hydrogens is 348 g/mol. The topological polar surface area (TPSA) is 114 Å². The van der Waals surface area contributed by atoms with Gasteiger partial charge in [-0.1, -0.05) is 0 Å². The molecule has 1 aromatic rings. The highest BCUT2D eigenvalue weighted by atomic mass is 32.2. The molecule has 0 unspecified atom stereocenters. The van der Waals surface area contributed by atoms with Gasteiger partial charge in [-0.3, -0.25) is 15.5 Å². The minimum absolute atomic E-state index is 0.0971. The van der Waals surface area contributed by atoms with Crippen LogP contribution >= 0.6 is 0 Å². The Labute approximate surface area is 145 Å². The third-order valence-electron chi connectivity index (χ3n) is 4.29. The van der Waals surface area contributed by atoms with Crippen molar-refractivity contribution in [2.24, 2.45) is 5.10 Å². The quantitative estimate of drug-likeness (QED) is 0.628. The van der Waals surface area contributed by atoms with Crippen LogP contribution in [0.2, 0.25) is 0 Å². The second-order valence-electron chi connectivity index (χ2n) is 5.95. The average molecular weight is 368 g/mol. The van der Waals surface area contributed by atoms with Crippen LogP contribution in [0.15, 0.2) is 28.2 Å². The number of hydrogen-bond acceptors (Lipinski definition) is 7. The second-order valence-corrected chi connectivity index (χ2v) is 7.89. The first-order chi connectivity index (χ1) is 12.0. The Hall–Kier alpha value is -2.04. The van der Waals surface area contributed by atoms with E-state index in [1.165, 1.54) is 16.4 Å². The van der Waals surface area contributed by atoms with Crippen LogP contribution in [-0.4, -0.2) is 49.7 Å². The highest BCUT2D eigenvalue weighted by Gasteiger charge is 2.28. The summed E-state index contributed by atoms with van der Waals surface area (Å²) in [5.74, 6) is 0. The predicted molar refractivity (Wildman–Crippen MR) is 92.2 cm³/mol. The number of sulfonamides is 1. The molecule has 1 aliphatic heterocycles. The predicted octanol–water partition coefficient (Wildman–Crippen LogP) is 1.96. The minimum Gasteiger partial charge on any atom is -0.379 e. The van der Waals surface area contributed by atoms with E-state index in [1.54, 1.807) is 0 Å². The maximum absolute atomic E-state index is 12.6. The minimum atomic E-state index is -3.78. The Morgan fingerprint density at radius 2 is 1.88 bits per heavy atom. The van der Waals surface area contributed by atoms with E-state index in [4.69, 9.17) is 4.74 Å². The molecule has 25 heavy (non-hydrogen) atoms. The third kappa shape index (κ3) is 3.97. The summed E-state index contributed by atoms with van der Waals surface area (Å²) >= 11 is 0. The lowest BCUT2D eigenvalue weighted by Crippen LogP contribution is -2.40. The number of nitrogens with zero attached hydrogens (tertiary/aromatic N) is 3. The molecule has 2 aliphatic rings. The zero-order valence-corrected chi connectivity index (χ0v) is 14.5. The van der Waals surface area contributed by atoms with Crippen molar-refractivity contribution in [2.75, 3.05) is 31.7 Å². The van der Waals surface area contributed by atoms with Crippen molar-refractivity contribution in [1.82, 2.24) is 4.31 Å². The SMILES string of the molecule is O=[N+]([O-])c1cc(S(=O)(=O)N2CCOCC2)ccc1NN=C1CCCC1. The highest BCUT2D eigenvalue weighted by Crippen LogP contribution is 2.29. The summed E-state index contributed by atoms with van der Waals surface area (Å²) in [7, 11) is -3.78. The molecule has 0 radical (unpaired) electrons. The Balaban J connectivity index is 1.88. The summed E-state index contributed by atoms with van der Waals surface area (Å²) < 4.78 is 31.7. The maximum atomic E-state index is 12.6. The average Bonchev–Trinajstić information content (AvgIpc) is 3.14. The molecule has 0 bridgehead atoms. The molecule has 0 amide bonds. The van der Waals surface area contributed by atoms with Gasteiger partial charge in [0.15, 0.2) is 0 Å². The molecular formula is C15H20N4O5S. The zero-order chi connectivity index (χ0) is 17.9. The number of hydrogen-bond donors (Lipinski definition) is 1. The molecule has 1 aliphatic carbocycles. The number of anilines is 1. The number of benzene rings is 1. The van der Waals surface area contributed by atoms with Gasteiger partial charge in [-0.15, -0.1) is 0 Å². The van der Waals surface area contributed by atoms with E-state index in [2.05, 4.69) is 10.5 Å². The molecule has 0 spiro atoms. The summed E-state index contributed by atoms with van der Waals surface area (Å²) in [4.78, 5) is 10.7. The first kappa shape index (κ1) is 17.8. The lowest BCUT2D eigenvalue weighted by molar-refractivity contribution is -0.384. The standard InChI is InChI=1S/C15H20N4O5S/c20-19(21)15-11-13(25(22,23)18-7-9-24-10-8-18)5-6-14(15)17-16-12-3-1-2-4-12/h5-6,11,17H,1-4,7-10H2. The molecule has 10 heteroatoms. The highest BCUT2D eigenvalue weighted by molar-refractivity contribution is 7.89. The first-order valence-corrected chi connectivity index (χ1v) is 9.60. The number of hydrazone groups is 1. The van der Waals surface area contributed by atoms with Gasteiger partial charge in [0.2, 0.25) is 10.0 Å². The fraction of sp³-hybridized carbons (Fsp3) is 0.533. The van der Waals surface area contributed by atoms with Crippen LogP contribution in [0.1, 0.15) is 25.7 Å². The van der Waals surface area contributed by atoms with Crippen LogP contribution in [0, 0.1) is 10.1 Å². The number of rotatable bonds is 5. The molecule has 1 saturated heterocycles. The smallest absolute Gasteiger partial charge is 0.295 e. The van der Waals surface area contributed by atoms with Gasteiger partial charge in [-0.05, 0) is 37.8 Å². The van der Waals surface area contributed by atoms with Crippen molar-refractivity contribution in [2.45, 2.75) is 30.6 Å². The fourth-order valence-electron chi connectivity index (χ4n) is 2.89. The molecule has 0 atom stereocenters. The van der Waals surface area contributed by atoms with Gasteiger partial charge >= 0.3 is 0 Å². The van der Waals surface area contributed by atoms with E-state index in [1.807, 2.05) is 0 Å². The molecule has 1 saturated carbocycles. The van der Waals surface area contributed by atoms with E-state index in [-0.39, 0.29) is 29.4 Å². The van der Waals surface area contributed by atoms with E-state index < -0.39 is 14.9 Å². The molecule has 2 fully saturated rings. The van der Waals surface area contributed by atoms with Crippen molar-refractivity contribution in [3.63, 3.8) is 0 Å². The zero-order valence-electron chi connectivity index (χ0n) is 13.7. The normalized spacial score (nSPS) is 19.0. The van der Waals surface area contributed by atoms with Gasteiger partial charge < -0.3 is 4.74 Å². The van der Waals surface area contributed by atoms with E-state index in [0.717, 1.165) is 37.5 Å². The van der Waals surface area contributed by atoms with Gasteiger partial charge in [-0.2, -0.15) is 9.41 Å². The van der Waals surface area contributed by atoms with Crippen molar-refractivity contribution >= 4 is 27.1 Å². The van der Waals surface area contributed by atoms with Crippen LogP contribution in [0.5, 0.6) is 0 Å². The summed E-state index contributed by atoms with van der Waals surface area (Å²) in [5, 5.41) is 15.6. The molecule has 136 valence electrons. The second kappa shape index (κ2) is 7.46. The monoisotopic (exact) mass is 368 g/mol. The molecule has 1 N–H and O–H groups in total. The number of nitrogens with one attached hydrogen (secondary N) is 1. The van der Waals surface area contributed by atoms with Crippen LogP contribution in [0.4, 0.5) is 11.4 Å². The summed E-state index contributed by atoms with van der Waals surface area (Å²) in [5.41, 5.74) is 3.56. The fourth-order valence-corrected chi connectivity index (χ4v) is 4.32. The van der Waals surface area contributed by atoms with Crippen molar-refractivity contribution in [3.8, 4) is 0 Å². The van der Waals surface area contributed by atoms with Crippen molar-refractivity contribution in [3.05, 3.63) is 28.3 Å². The third-order valence-corrected chi connectivity index (χ3v) is 6.18. The Morgan fingerprint density at radius 1 is 1.20 bits per heavy atom. The van der Waals surface area contributed by atoms with Gasteiger partial charge in [0.25, 0.3) is 5.69 Å². The van der Waals surface area contributed by atoms with Gasteiger partial charge in [-0.25, -0.2) is 8.42 Å². The summed E-state index contributed by atoms with van der Waals surface area (Å²) in [6, 6.07) is 3.85. The van der Waals surface area contributed by atoms with Gasteiger partial charge in [0, 0.05) is 24.9 Å². The van der Waals surface area contributed by atoms with E-state index in [0.29, 0.717) is 13.2 Å². The molecule has 0 aromatic heterocycles. The Bertz CT molecular complexity index is 779. The lowest BCUT2D eigenvalue weighted by atomic mass is 10.3. The van der Waals surface area contributed by atoms with Gasteiger partial charge in [0.05, 0.1) is 23.0 Å². The molecule has 1 aromatic carbocycles. The lowest BCUT2D eigenvalue weighted by Gasteiger charge is -2.26. The van der Waals surface area contributed by atoms with E-state index in [9.17, 15) is 18.5 Å². The van der Waals surface area contributed by atoms with Crippen LogP contribution in [0.3, 0.4) is 0 Å². The Kier molecular flexibility index (Phi) is 5.30. The Morgan fingerprint density at radius 3 is 2.52 bits per heavy atom. The van der Waals surface area contributed by atoms with E-state index >= 15 is 0 Å². The molecule has 1 heterocycles. The van der Waals surface area contributed by atoms with Crippen molar-refractivity contribution in [1.29, 1.82) is 0 Å². The maximum Gasteiger partial charge on any atom is 0.295 e. The summed E-state index contributed by atoms with van der Waals surface area (Å²) in [6.07, 6.45) is 3.90. The van der Waals surface area contributed by atoms with Crippen LogP contribution in [-0.2, 0) is 14.8 Å². The first-order valence-electron chi connectivity index (χ1n) is 8.16. The molecule has 3 rings (SSSR count). The number of ether oxygens (including phenoxy) is 1. The number of morpholine rings is 1. The molecule has 9 nitrogen and oxygen atoms in total. The largest absolute Gasteiger partial charge is 0.379 e.